The van der Waals surface area contributed by atoms with E-state index in [2.05, 4.69) is 27.5 Å². The van der Waals surface area contributed by atoms with Crippen molar-refractivity contribution >= 4 is 41.5 Å². The van der Waals surface area contributed by atoms with Gasteiger partial charge >= 0.3 is 0 Å². The average molecular weight is 479 g/mol. The molecule has 2 N–H and O–H groups in total. The van der Waals surface area contributed by atoms with Gasteiger partial charge in [-0.15, -0.1) is 24.0 Å². The number of nitrogens with zero attached hydrogens (tertiary/aromatic N) is 3. The first-order valence-electron chi connectivity index (χ1n) is 8.89. The Morgan fingerprint density at radius 3 is 2.78 bits per heavy atom. The zero-order valence-corrected chi connectivity index (χ0v) is 18.0. The number of anilines is 1. The number of pyridine rings is 1. The maximum Gasteiger partial charge on any atom is 0.229 e. The second-order valence-electron chi connectivity index (χ2n) is 6.44. The first-order valence-corrected chi connectivity index (χ1v) is 8.89. The third kappa shape index (κ3) is 5.66. The fourth-order valence-corrected chi connectivity index (χ4v) is 3.15. The summed E-state index contributed by atoms with van der Waals surface area (Å²) < 4.78 is 0. The molecule has 6 nitrogen and oxygen atoms in total. The monoisotopic (exact) mass is 479 g/mol. The molecule has 27 heavy (non-hydrogen) atoms. The fraction of sp³-hybridized carbons (Fsp3) is 0.350. The van der Waals surface area contributed by atoms with Crippen molar-refractivity contribution in [3.05, 3.63) is 59.9 Å². The molecule has 0 saturated carbocycles. The second kappa shape index (κ2) is 10.2. The number of aryl methyl sites for hydroxylation is 1. The minimum absolute atomic E-state index is 0. The maximum absolute atomic E-state index is 12.3. The van der Waals surface area contributed by atoms with Crippen LogP contribution < -0.4 is 15.5 Å². The Morgan fingerprint density at radius 1 is 1.30 bits per heavy atom. The quantitative estimate of drug-likeness (QED) is 0.393. The van der Waals surface area contributed by atoms with Gasteiger partial charge in [-0.2, -0.15) is 0 Å². The van der Waals surface area contributed by atoms with E-state index in [9.17, 15) is 4.79 Å². The number of rotatable bonds is 5. The summed E-state index contributed by atoms with van der Waals surface area (Å²) in [5.74, 6) is 0.862. The van der Waals surface area contributed by atoms with Gasteiger partial charge in [0.05, 0.1) is 6.04 Å². The molecule has 3 rings (SSSR count). The molecule has 1 atom stereocenters. The van der Waals surface area contributed by atoms with Crippen molar-refractivity contribution in [2.45, 2.75) is 25.8 Å². The van der Waals surface area contributed by atoms with Gasteiger partial charge in [-0.05, 0) is 42.7 Å². The molecular weight excluding hydrogens is 453 g/mol. The lowest BCUT2D eigenvalue weighted by Crippen LogP contribution is -2.45. The van der Waals surface area contributed by atoms with E-state index in [4.69, 9.17) is 0 Å². The first-order chi connectivity index (χ1) is 12.7. The zero-order valence-electron chi connectivity index (χ0n) is 15.7. The molecule has 144 valence electrons. The van der Waals surface area contributed by atoms with Gasteiger partial charge in [0.1, 0.15) is 0 Å². The summed E-state index contributed by atoms with van der Waals surface area (Å²) in [6, 6.07) is 11.9. The highest BCUT2D eigenvalue weighted by molar-refractivity contribution is 14.0. The molecule has 0 spiro atoms. The van der Waals surface area contributed by atoms with Crippen molar-refractivity contribution in [3.63, 3.8) is 0 Å². The molecular formula is C20H26IN5O. The van der Waals surface area contributed by atoms with Gasteiger partial charge < -0.3 is 15.5 Å². The van der Waals surface area contributed by atoms with E-state index in [0.717, 1.165) is 24.6 Å². The van der Waals surface area contributed by atoms with Gasteiger partial charge in [0.25, 0.3) is 0 Å². The van der Waals surface area contributed by atoms with Crippen molar-refractivity contribution in [3.8, 4) is 0 Å². The van der Waals surface area contributed by atoms with Crippen LogP contribution >= 0.6 is 24.0 Å². The molecule has 1 unspecified atom stereocenters. The molecule has 1 aromatic heterocycles. The molecule has 2 heterocycles. The van der Waals surface area contributed by atoms with Crippen LogP contribution in [0.25, 0.3) is 0 Å². The predicted octanol–water partition coefficient (Wildman–Crippen LogP) is 2.52. The van der Waals surface area contributed by atoms with Gasteiger partial charge in [0.2, 0.25) is 5.91 Å². The lowest BCUT2D eigenvalue weighted by molar-refractivity contribution is -0.117. The van der Waals surface area contributed by atoms with Crippen LogP contribution in [0.15, 0.2) is 53.8 Å². The maximum atomic E-state index is 12.3. The van der Waals surface area contributed by atoms with Gasteiger partial charge in [-0.1, -0.05) is 18.2 Å². The van der Waals surface area contributed by atoms with Crippen LogP contribution in [-0.4, -0.2) is 43.0 Å². The highest BCUT2D eigenvalue weighted by Gasteiger charge is 2.30. The molecule has 0 radical (unpaired) electrons. The van der Waals surface area contributed by atoms with Crippen molar-refractivity contribution < 1.29 is 4.79 Å². The van der Waals surface area contributed by atoms with E-state index in [-0.39, 0.29) is 35.9 Å². The average Bonchev–Trinajstić information content (AvgIpc) is 3.03. The summed E-state index contributed by atoms with van der Waals surface area (Å²) in [6.45, 7) is 3.48. The van der Waals surface area contributed by atoms with E-state index < -0.39 is 0 Å². The van der Waals surface area contributed by atoms with E-state index >= 15 is 0 Å². The molecule has 1 saturated heterocycles. The van der Waals surface area contributed by atoms with Gasteiger partial charge in [-0.25, -0.2) is 0 Å². The predicted molar refractivity (Wildman–Crippen MR) is 120 cm³/mol. The molecule has 0 bridgehead atoms. The number of halogens is 1. The number of guanidine groups is 1. The van der Waals surface area contributed by atoms with Gasteiger partial charge in [-0.3, -0.25) is 14.8 Å². The zero-order chi connectivity index (χ0) is 18.4. The third-order valence-electron chi connectivity index (χ3n) is 4.58. The summed E-state index contributed by atoms with van der Waals surface area (Å²) in [5.41, 5.74) is 3.41. The molecule has 1 aromatic carbocycles. The van der Waals surface area contributed by atoms with Crippen LogP contribution in [0.1, 0.15) is 17.5 Å². The number of aliphatic imine (C=N–C) groups is 1. The Kier molecular flexibility index (Phi) is 8.02. The lowest BCUT2D eigenvalue weighted by atomic mass is 10.1. The summed E-state index contributed by atoms with van der Waals surface area (Å²) in [4.78, 5) is 22.5. The number of amides is 1. The van der Waals surface area contributed by atoms with Crippen LogP contribution in [-0.2, 0) is 11.2 Å². The van der Waals surface area contributed by atoms with Crippen LogP contribution in [0.2, 0.25) is 0 Å². The molecule has 1 aliphatic heterocycles. The summed E-state index contributed by atoms with van der Waals surface area (Å²) in [6.07, 6.45) is 5.07. The number of carbonyl (C=O) groups excluding carboxylic acids is 1. The van der Waals surface area contributed by atoms with Crippen molar-refractivity contribution in [1.29, 1.82) is 0 Å². The van der Waals surface area contributed by atoms with Crippen LogP contribution in [0, 0.1) is 6.92 Å². The van der Waals surface area contributed by atoms with Crippen LogP contribution in [0.3, 0.4) is 0 Å². The van der Waals surface area contributed by atoms with Crippen molar-refractivity contribution in [2.24, 2.45) is 4.99 Å². The number of para-hydroxylation sites is 1. The van der Waals surface area contributed by atoms with Crippen LogP contribution in [0.5, 0.6) is 0 Å². The molecule has 1 aliphatic rings. The SMILES string of the molecule is CN=C(NCCc1ccncc1C)NC1CC(=O)N(c2ccccc2)C1.I. The normalized spacial score (nSPS) is 16.8. The number of nitrogens with one attached hydrogen (secondary N) is 2. The highest BCUT2D eigenvalue weighted by atomic mass is 127. The molecule has 7 heteroatoms. The molecule has 0 aliphatic carbocycles. The van der Waals surface area contributed by atoms with E-state index in [1.165, 1.54) is 11.1 Å². The Hall–Kier alpha value is -2.16. The Labute approximate surface area is 177 Å². The number of carbonyl (C=O) groups is 1. The minimum Gasteiger partial charge on any atom is -0.356 e. The Balaban J connectivity index is 0.00000261. The number of benzene rings is 1. The highest BCUT2D eigenvalue weighted by Crippen LogP contribution is 2.20. The first kappa shape index (κ1) is 21.1. The molecule has 1 fully saturated rings. The topological polar surface area (TPSA) is 69.6 Å². The van der Waals surface area contributed by atoms with Crippen molar-refractivity contribution in [2.75, 3.05) is 25.0 Å². The van der Waals surface area contributed by atoms with Crippen molar-refractivity contribution in [1.82, 2.24) is 15.6 Å². The second-order valence-corrected chi connectivity index (χ2v) is 6.44. The Bertz CT molecular complexity index is 781. The number of hydrogen-bond acceptors (Lipinski definition) is 3. The summed E-state index contributed by atoms with van der Waals surface area (Å²) >= 11 is 0. The molecule has 1 amide bonds. The Morgan fingerprint density at radius 2 is 2.07 bits per heavy atom. The minimum atomic E-state index is 0. The fourth-order valence-electron chi connectivity index (χ4n) is 3.15. The number of aromatic nitrogens is 1. The standard InChI is InChI=1S/C20H25N5O.HI/c1-15-13-22-10-8-16(15)9-11-23-20(21-2)24-17-12-19(26)25(14-17)18-6-4-3-5-7-18;/h3-8,10,13,17H,9,11-12,14H2,1-2H3,(H2,21,23,24);1H. The molecule has 2 aromatic rings. The number of hydrogen-bond donors (Lipinski definition) is 2. The third-order valence-corrected chi connectivity index (χ3v) is 4.58. The van der Waals surface area contributed by atoms with Gasteiger partial charge in [0, 0.05) is 44.6 Å². The van der Waals surface area contributed by atoms with E-state index in [0.29, 0.717) is 13.0 Å². The lowest BCUT2D eigenvalue weighted by Gasteiger charge is -2.19. The van der Waals surface area contributed by atoms with E-state index in [1.807, 2.05) is 53.7 Å². The summed E-state index contributed by atoms with van der Waals surface area (Å²) in [7, 11) is 1.75. The van der Waals surface area contributed by atoms with Crippen LogP contribution in [0.4, 0.5) is 5.69 Å². The van der Waals surface area contributed by atoms with Gasteiger partial charge in [0.15, 0.2) is 5.96 Å². The largest absolute Gasteiger partial charge is 0.356 e. The summed E-state index contributed by atoms with van der Waals surface area (Å²) in [5, 5.41) is 6.69. The smallest absolute Gasteiger partial charge is 0.229 e. The van der Waals surface area contributed by atoms with E-state index in [1.54, 1.807) is 7.05 Å².